The van der Waals surface area contributed by atoms with Crippen LogP contribution in [-0.2, 0) is 5.41 Å². The SMILES string of the molecule is CC1(C)c2cc3ccccc3cc2-c2ccnc(-c3ccc4oc5ccccc5c4c3)c21. The fourth-order valence-electron chi connectivity index (χ4n) is 5.53. The molecule has 0 saturated heterocycles. The average Bonchev–Trinajstić information content (AvgIpc) is 3.30. The van der Waals surface area contributed by atoms with E-state index in [0.717, 1.165) is 33.2 Å². The van der Waals surface area contributed by atoms with Crippen LogP contribution in [0.4, 0.5) is 0 Å². The van der Waals surface area contributed by atoms with E-state index in [1.807, 2.05) is 18.3 Å². The van der Waals surface area contributed by atoms with Crippen molar-refractivity contribution < 1.29 is 4.42 Å². The summed E-state index contributed by atoms with van der Waals surface area (Å²) in [6.45, 7) is 4.65. The molecule has 32 heavy (non-hydrogen) atoms. The van der Waals surface area contributed by atoms with Gasteiger partial charge in [0.25, 0.3) is 0 Å². The number of benzene rings is 4. The van der Waals surface area contributed by atoms with Crippen molar-refractivity contribution in [2.45, 2.75) is 19.3 Å². The minimum Gasteiger partial charge on any atom is -0.456 e. The number of aromatic nitrogens is 1. The Bertz CT molecular complexity index is 1700. The molecular formula is C30H21NO. The lowest BCUT2D eigenvalue weighted by Crippen LogP contribution is -2.16. The molecule has 6 aromatic rings. The van der Waals surface area contributed by atoms with Gasteiger partial charge < -0.3 is 4.42 Å². The third-order valence-corrected chi connectivity index (χ3v) is 7.08. The number of para-hydroxylation sites is 1. The van der Waals surface area contributed by atoms with Gasteiger partial charge in [-0.05, 0) is 75.5 Å². The van der Waals surface area contributed by atoms with Crippen LogP contribution in [0.2, 0.25) is 0 Å². The molecule has 0 amide bonds. The van der Waals surface area contributed by atoms with Crippen molar-refractivity contribution in [2.75, 3.05) is 0 Å². The summed E-state index contributed by atoms with van der Waals surface area (Å²) in [5, 5.41) is 4.84. The van der Waals surface area contributed by atoms with E-state index in [9.17, 15) is 0 Å². The van der Waals surface area contributed by atoms with Crippen LogP contribution in [0.5, 0.6) is 0 Å². The molecule has 0 unspecified atom stereocenters. The van der Waals surface area contributed by atoms with Gasteiger partial charge in [0.15, 0.2) is 0 Å². The second-order valence-corrected chi connectivity index (χ2v) is 9.26. The van der Waals surface area contributed by atoms with Gasteiger partial charge in [0.1, 0.15) is 11.2 Å². The van der Waals surface area contributed by atoms with Crippen molar-refractivity contribution in [3.05, 3.63) is 102 Å². The number of furan rings is 1. The lowest BCUT2D eigenvalue weighted by Gasteiger charge is -2.24. The molecule has 2 nitrogen and oxygen atoms in total. The summed E-state index contributed by atoms with van der Waals surface area (Å²) >= 11 is 0. The van der Waals surface area contributed by atoms with Crippen molar-refractivity contribution in [3.8, 4) is 22.4 Å². The molecule has 7 rings (SSSR count). The van der Waals surface area contributed by atoms with E-state index < -0.39 is 0 Å². The van der Waals surface area contributed by atoms with E-state index >= 15 is 0 Å². The molecule has 0 spiro atoms. The van der Waals surface area contributed by atoms with Gasteiger partial charge in [-0.15, -0.1) is 0 Å². The first kappa shape index (κ1) is 17.7. The Kier molecular flexibility index (Phi) is 3.37. The molecule has 2 heterocycles. The smallest absolute Gasteiger partial charge is 0.135 e. The predicted octanol–water partition coefficient (Wildman–Crippen LogP) is 8.11. The second kappa shape index (κ2) is 6.08. The quantitative estimate of drug-likeness (QED) is 0.273. The molecule has 0 atom stereocenters. The van der Waals surface area contributed by atoms with Gasteiger partial charge in [-0.2, -0.15) is 0 Å². The number of hydrogen-bond donors (Lipinski definition) is 0. The Hall–Kier alpha value is -3.91. The Morgan fingerprint density at radius 3 is 2.31 bits per heavy atom. The third-order valence-electron chi connectivity index (χ3n) is 7.08. The summed E-state index contributed by atoms with van der Waals surface area (Å²) in [4.78, 5) is 4.91. The lowest BCUT2D eigenvalue weighted by atomic mass is 9.80. The highest BCUT2D eigenvalue weighted by molar-refractivity contribution is 6.06. The first-order valence-corrected chi connectivity index (χ1v) is 11.1. The largest absolute Gasteiger partial charge is 0.456 e. The van der Waals surface area contributed by atoms with E-state index in [0.29, 0.717) is 0 Å². The summed E-state index contributed by atoms with van der Waals surface area (Å²) in [6.07, 6.45) is 1.95. The number of pyridine rings is 1. The van der Waals surface area contributed by atoms with Crippen LogP contribution in [0.1, 0.15) is 25.0 Å². The molecule has 0 aliphatic heterocycles. The van der Waals surface area contributed by atoms with Crippen LogP contribution in [0.15, 0.2) is 95.5 Å². The monoisotopic (exact) mass is 411 g/mol. The van der Waals surface area contributed by atoms with E-state index in [-0.39, 0.29) is 5.41 Å². The van der Waals surface area contributed by atoms with Crippen LogP contribution in [0.25, 0.3) is 55.1 Å². The van der Waals surface area contributed by atoms with Gasteiger partial charge in [0.2, 0.25) is 0 Å². The van der Waals surface area contributed by atoms with E-state index in [2.05, 4.69) is 86.6 Å². The molecule has 0 fully saturated rings. The number of nitrogens with zero attached hydrogens (tertiary/aromatic N) is 1. The highest BCUT2D eigenvalue weighted by atomic mass is 16.3. The van der Waals surface area contributed by atoms with Crippen molar-refractivity contribution in [1.82, 2.24) is 4.98 Å². The molecule has 4 aromatic carbocycles. The maximum absolute atomic E-state index is 6.05. The zero-order chi connectivity index (χ0) is 21.4. The molecule has 0 saturated carbocycles. The van der Waals surface area contributed by atoms with Crippen molar-refractivity contribution in [1.29, 1.82) is 0 Å². The molecule has 152 valence electrons. The molecule has 0 radical (unpaired) electrons. The minimum absolute atomic E-state index is 0.133. The molecule has 1 aliphatic carbocycles. The van der Waals surface area contributed by atoms with Crippen LogP contribution in [0.3, 0.4) is 0 Å². The van der Waals surface area contributed by atoms with Crippen molar-refractivity contribution in [3.63, 3.8) is 0 Å². The fraction of sp³-hybridized carbons (Fsp3) is 0.100. The minimum atomic E-state index is -0.133. The van der Waals surface area contributed by atoms with Crippen LogP contribution in [-0.4, -0.2) is 4.98 Å². The summed E-state index contributed by atoms with van der Waals surface area (Å²) in [7, 11) is 0. The summed E-state index contributed by atoms with van der Waals surface area (Å²) in [5.41, 5.74) is 9.17. The van der Waals surface area contributed by atoms with E-state index in [1.54, 1.807) is 0 Å². The van der Waals surface area contributed by atoms with Crippen LogP contribution < -0.4 is 0 Å². The zero-order valence-electron chi connectivity index (χ0n) is 18.0. The Morgan fingerprint density at radius 2 is 1.44 bits per heavy atom. The van der Waals surface area contributed by atoms with Crippen LogP contribution >= 0.6 is 0 Å². The normalized spacial score (nSPS) is 14.2. The number of rotatable bonds is 1. The van der Waals surface area contributed by atoms with Gasteiger partial charge in [-0.1, -0.05) is 56.3 Å². The van der Waals surface area contributed by atoms with E-state index in [4.69, 9.17) is 9.40 Å². The Labute approximate surface area is 186 Å². The third kappa shape index (κ3) is 2.27. The van der Waals surface area contributed by atoms with Crippen molar-refractivity contribution >= 4 is 32.7 Å². The maximum atomic E-state index is 6.05. The zero-order valence-corrected chi connectivity index (χ0v) is 18.0. The van der Waals surface area contributed by atoms with Gasteiger partial charge in [0, 0.05) is 27.9 Å². The van der Waals surface area contributed by atoms with Gasteiger partial charge in [-0.25, -0.2) is 0 Å². The molecular weight excluding hydrogens is 390 g/mol. The first-order valence-electron chi connectivity index (χ1n) is 11.1. The molecule has 0 N–H and O–H groups in total. The van der Waals surface area contributed by atoms with Crippen molar-refractivity contribution in [2.24, 2.45) is 0 Å². The fourth-order valence-corrected chi connectivity index (χ4v) is 5.53. The Balaban J connectivity index is 1.51. The number of fused-ring (bicyclic) bond motifs is 7. The molecule has 2 heteroatoms. The molecule has 2 aromatic heterocycles. The predicted molar refractivity (Wildman–Crippen MR) is 132 cm³/mol. The molecule has 1 aliphatic rings. The lowest BCUT2D eigenvalue weighted by molar-refractivity contribution is 0.660. The summed E-state index contributed by atoms with van der Waals surface area (Å²) in [5.74, 6) is 0. The highest BCUT2D eigenvalue weighted by Gasteiger charge is 2.38. The summed E-state index contributed by atoms with van der Waals surface area (Å²) in [6, 6.07) is 30.2. The van der Waals surface area contributed by atoms with E-state index in [1.165, 1.54) is 33.0 Å². The summed E-state index contributed by atoms with van der Waals surface area (Å²) < 4.78 is 6.05. The van der Waals surface area contributed by atoms with Gasteiger partial charge in [0.05, 0.1) is 5.69 Å². The second-order valence-electron chi connectivity index (χ2n) is 9.26. The van der Waals surface area contributed by atoms with Gasteiger partial charge in [-0.3, -0.25) is 4.98 Å². The average molecular weight is 412 g/mol. The highest BCUT2D eigenvalue weighted by Crippen LogP contribution is 2.52. The number of hydrogen-bond acceptors (Lipinski definition) is 2. The standard InChI is InChI=1S/C30H21NO/c1-30(2)25-17-19-8-4-3-7-18(19)15-23(25)22-13-14-31-29(28(22)30)20-11-12-27-24(16-20)21-9-5-6-10-26(21)32-27/h3-17H,1-2H3. The topological polar surface area (TPSA) is 26.0 Å². The van der Waals surface area contributed by atoms with Crippen LogP contribution in [0, 0.1) is 0 Å². The Morgan fingerprint density at radius 1 is 0.688 bits per heavy atom. The maximum Gasteiger partial charge on any atom is 0.135 e. The molecule has 0 bridgehead atoms. The van der Waals surface area contributed by atoms with Gasteiger partial charge >= 0.3 is 0 Å². The first-order chi connectivity index (χ1) is 15.6.